The molecule has 0 bridgehead atoms. The van der Waals surface area contributed by atoms with Crippen LogP contribution < -0.4 is 5.32 Å². The van der Waals surface area contributed by atoms with Crippen LogP contribution in [0.4, 0.5) is 0 Å². The molecule has 0 aromatic rings. The van der Waals surface area contributed by atoms with Crippen LogP contribution in [0.15, 0.2) is 0 Å². The summed E-state index contributed by atoms with van der Waals surface area (Å²) in [5, 5.41) is 13.0. The Hall–Kier alpha value is -0.900. The first-order chi connectivity index (χ1) is 14.6. The van der Waals surface area contributed by atoms with E-state index in [0.29, 0.717) is 23.2 Å². The van der Waals surface area contributed by atoms with Crippen molar-refractivity contribution in [2.45, 2.75) is 104 Å². The van der Waals surface area contributed by atoms with Gasteiger partial charge in [0.2, 0.25) is 5.91 Å². The zero-order chi connectivity index (χ0) is 22.4. The van der Waals surface area contributed by atoms with Crippen LogP contribution in [-0.2, 0) is 9.59 Å². The lowest BCUT2D eigenvalue weighted by Crippen LogP contribution is -2.54. The second-order valence-corrected chi connectivity index (χ2v) is 12.3. The van der Waals surface area contributed by atoms with E-state index >= 15 is 0 Å². The number of nitrogens with one attached hydrogen (secondary N) is 1. The molecule has 4 saturated carbocycles. The highest BCUT2D eigenvalue weighted by atomic mass is 16.3. The van der Waals surface area contributed by atoms with Gasteiger partial charge in [0, 0.05) is 6.42 Å². The maximum atomic E-state index is 12.1. The summed E-state index contributed by atoms with van der Waals surface area (Å²) in [6.07, 6.45) is 12.7. The number of aliphatic hydroxyl groups excluding tert-OH is 1. The molecule has 4 heteroatoms. The zero-order valence-corrected chi connectivity index (χ0v) is 20.3. The van der Waals surface area contributed by atoms with Crippen molar-refractivity contribution in [3.8, 4) is 0 Å². The second-order valence-electron chi connectivity index (χ2n) is 12.3. The van der Waals surface area contributed by atoms with E-state index in [1.54, 1.807) is 0 Å². The Morgan fingerprint density at radius 1 is 1.00 bits per heavy atom. The van der Waals surface area contributed by atoms with Crippen LogP contribution in [0.5, 0.6) is 0 Å². The predicted octanol–water partition coefficient (Wildman–Crippen LogP) is 5.13. The van der Waals surface area contributed by atoms with E-state index in [9.17, 15) is 14.7 Å². The number of hydrogen-bond donors (Lipinski definition) is 2. The van der Waals surface area contributed by atoms with Crippen LogP contribution in [0.25, 0.3) is 0 Å². The van der Waals surface area contributed by atoms with Gasteiger partial charge in [-0.2, -0.15) is 0 Å². The van der Waals surface area contributed by atoms with Crippen molar-refractivity contribution in [1.29, 1.82) is 0 Å². The van der Waals surface area contributed by atoms with Gasteiger partial charge in [0.15, 0.2) is 0 Å². The predicted molar refractivity (Wildman–Crippen MR) is 123 cm³/mol. The average molecular weight is 432 g/mol. The van der Waals surface area contributed by atoms with Crippen LogP contribution >= 0.6 is 0 Å². The second kappa shape index (κ2) is 8.80. The molecule has 4 rings (SSSR count). The van der Waals surface area contributed by atoms with Crippen molar-refractivity contribution in [2.24, 2.45) is 46.3 Å². The third-order valence-corrected chi connectivity index (χ3v) is 10.8. The fraction of sp³-hybridized carbons (Fsp3) is 0.926. The topological polar surface area (TPSA) is 66.4 Å². The minimum atomic E-state index is -0.0622. The van der Waals surface area contributed by atoms with Crippen LogP contribution in [0.2, 0.25) is 0 Å². The van der Waals surface area contributed by atoms with E-state index in [4.69, 9.17) is 0 Å². The number of carbonyl (C=O) groups is 2. The van der Waals surface area contributed by atoms with E-state index in [1.807, 2.05) is 0 Å². The largest absolute Gasteiger partial charge is 0.393 e. The number of hydrogen-bond acceptors (Lipinski definition) is 3. The standard InChI is InChI=1S/C27H45NO3/c1-17(5-10-25(31)28-16-18(2)29)22-8-9-23-21-7-6-19-15-20(30)11-13-26(19,3)24(21)12-14-27(22,23)4/h17,19-24,30H,5-16H2,1-4H3,(H,28,31)/t17-,19-,20-,21+,22-,23+,24+,26+,27-/m1/s1. The number of amides is 1. The summed E-state index contributed by atoms with van der Waals surface area (Å²) in [5.74, 6) is 4.61. The molecule has 176 valence electrons. The number of rotatable bonds is 6. The Kier molecular flexibility index (Phi) is 6.60. The van der Waals surface area contributed by atoms with Crippen LogP contribution in [0.1, 0.15) is 98.3 Å². The molecule has 0 aromatic heterocycles. The summed E-state index contributed by atoms with van der Waals surface area (Å²) in [7, 11) is 0. The summed E-state index contributed by atoms with van der Waals surface area (Å²) < 4.78 is 0. The van der Waals surface area contributed by atoms with E-state index in [2.05, 4.69) is 26.1 Å². The molecule has 4 nitrogen and oxygen atoms in total. The molecule has 4 aliphatic carbocycles. The van der Waals surface area contributed by atoms with Crippen LogP contribution in [-0.4, -0.2) is 29.4 Å². The molecule has 2 N–H and O–H groups in total. The molecular formula is C27H45NO3. The van der Waals surface area contributed by atoms with Gasteiger partial charge in [-0.25, -0.2) is 0 Å². The highest BCUT2D eigenvalue weighted by molar-refractivity contribution is 5.84. The van der Waals surface area contributed by atoms with Gasteiger partial charge in [-0.1, -0.05) is 20.8 Å². The van der Waals surface area contributed by atoms with Crippen LogP contribution in [0, 0.1) is 46.3 Å². The van der Waals surface area contributed by atoms with Crippen molar-refractivity contribution >= 4 is 11.7 Å². The quantitative estimate of drug-likeness (QED) is 0.613. The summed E-state index contributed by atoms with van der Waals surface area (Å²) in [6.45, 7) is 9.19. The van der Waals surface area contributed by atoms with Gasteiger partial charge in [0.1, 0.15) is 5.78 Å². The summed E-state index contributed by atoms with van der Waals surface area (Å²) in [5.41, 5.74) is 0.871. The summed E-state index contributed by atoms with van der Waals surface area (Å²) in [4.78, 5) is 23.2. The van der Waals surface area contributed by atoms with Crippen molar-refractivity contribution in [1.82, 2.24) is 5.32 Å². The Labute approximate surface area is 189 Å². The Morgan fingerprint density at radius 2 is 1.71 bits per heavy atom. The molecule has 0 aromatic carbocycles. The van der Waals surface area contributed by atoms with Crippen molar-refractivity contribution in [2.75, 3.05) is 6.54 Å². The van der Waals surface area contributed by atoms with Gasteiger partial charge in [0.05, 0.1) is 12.6 Å². The van der Waals surface area contributed by atoms with Crippen molar-refractivity contribution < 1.29 is 14.7 Å². The van der Waals surface area contributed by atoms with Crippen molar-refractivity contribution in [3.63, 3.8) is 0 Å². The van der Waals surface area contributed by atoms with Gasteiger partial charge in [0.25, 0.3) is 0 Å². The Morgan fingerprint density at radius 3 is 2.45 bits per heavy atom. The minimum absolute atomic E-state index is 0.0141. The van der Waals surface area contributed by atoms with E-state index in [1.165, 1.54) is 51.9 Å². The van der Waals surface area contributed by atoms with Gasteiger partial charge in [-0.3, -0.25) is 9.59 Å². The molecule has 0 radical (unpaired) electrons. The van der Waals surface area contributed by atoms with E-state index < -0.39 is 0 Å². The summed E-state index contributed by atoms with van der Waals surface area (Å²) in [6, 6.07) is 0. The first kappa shape index (κ1) is 23.3. The first-order valence-corrected chi connectivity index (χ1v) is 13.1. The lowest BCUT2D eigenvalue weighted by Gasteiger charge is -2.61. The van der Waals surface area contributed by atoms with E-state index in [-0.39, 0.29) is 24.3 Å². The van der Waals surface area contributed by atoms with Gasteiger partial charge >= 0.3 is 0 Å². The monoisotopic (exact) mass is 431 g/mol. The number of Topliss-reactive ketones (excluding diaryl/α,β-unsaturated/α-hetero) is 1. The molecule has 0 unspecified atom stereocenters. The van der Waals surface area contributed by atoms with Crippen molar-refractivity contribution in [3.05, 3.63) is 0 Å². The lowest BCUT2D eigenvalue weighted by molar-refractivity contribution is -0.130. The highest BCUT2D eigenvalue weighted by Crippen LogP contribution is 2.68. The molecule has 9 atom stereocenters. The molecule has 31 heavy (non-hydrogen) atoms. The molecule has 0 aliphatic heterocycles. The number of carbonyl (C=O) groups excluding carboxylic acids is 2. The van der Waals surface area contributed by atoms with Gasteiger partial charge in [-0.05, 0) is 117 Å². The molecule has 1 amide bonds. The Balaban J connectivity index is 1.40. The summed E-state index contributed by atoms with van der Waals surface area (Å²) >= 11 is 0. The third kappa shape index (κ3) is 4.23. The number of ketones is 1. The van der Waals surface area contributed by atoms with Gasteiger partial charge in [-0.15, -0.1) is 0 Å². The fourth-order valence-corrected chi connectivity index (χ4v) is 9.08. The zero-order valence-electron chi connectivity index (χ0n) is 20.3. The molecule has 0 saturated heterocycles. The average Bonchev–Trinajstić information content (AvgIpc) is 3.08. The molecule has 0 heterocycles. The molecule has 4 fully saturated rings. The van der Waals surface area contributed by atoms with E-state index in [0.717, 1.165) is 48.9 Å². The molecule has 0 spiro atoms. The smallest absolute Gasteiger partial charge is 0.220 e. The maximum Gasteiger partial charge on any atom is 0.220 e. The minimum Gasteiger partial charge on any atom is -0.393 e. The SMILES string of the molecule is CC(=O)CNC(=O)CC[C@@H](C)[C@H]1CC[C@H]2[C@@H]3CC[C@@H]4C[C@H](O)CC[C@]4(C)[C@H]3CC[C@]12C. The van der Waals surface area contributed by atoms with Gasteiger partial charge < -0.3 is 10.4 Å². The first-order valence-electron chi connectivity index (χ1n) is 13.1. The normalized spacial score (nSPS) is 45.2. The fourth-order valence-electron chi connectivity index (χ4n) is 9.08. The maximum absolute atomic E-state index is 12.1. The highest BCUT2D eigenvalue weighted by Gasteiger charge is 2.60. The number of fused-ring (bicyclic) bond motifs is 5. The third-order valence-electron chi connectivity index (χ3n) is 10.8. The van der Waals surface area contributed by atoms with Crippen LogP contribution in [0.3, 0.4) is 0 Å². The number of aliphatic hydroxyl groups is 1. The lowest BCUT2D eigenvalue weighted by atomic mass is 9.44. The molecule has 4 aliphatic rings. The Bertz CT molecular complexity index is 692. The molecular weight excluding hydrogens is 386 g/mol.